The zero-order valence-corrected chi connectivity index (χ0v) is 12.4. The lowest BCUT2D eigenvalue weighted by atomic mass is 9.98. The number of hydrogen-bond acceptors (Lipinski definition) is 3. The summed E-state index contributed by atoms with van der Waals surface area (Å²) in [7, 11) is 0. The van der Waals surface area contributed by atoms with Gasteiger partial charge >= 0.3 is 0 Å². The van der Waals surface area contributed by atoms with Crippen LogP contribution in [0.1, 0.15) is 42.2 Å². The zero-order chi connectivity index (χ0) is 14.8. The van der Waals surface area contributed by atoms with Crippen LogP contribution in [0.2, 0.25) is 0 Å². The Kier molecular flexibility index (Phi) is 3.95. The van der Waals surface area contributed by atoms with Gasteiger partial charge in [-0.2, -0.15) is 0 Å². The molecule has 0 saturated carbocycles. The molecule has 3 rings (SSSR count). The van der Waals surface area contributed by atoms with Crippen molar-refractivity contribution in [2.45, 2.75) is 39.3 Å². The number of rotatable bonds is 4. The van der Waals surface area contributed by atoms with E-state index in [9.17, 15) is 5.11 Å². The Labute approximate surface area is 125 Å². The molecule has 110 valence electrons. The minimum Gasteiger partial charge on any atom is -0.491 e. The molecule has 0 aliphatic carbocycles. The van der Waals surface area contributed by atoms with Crippen LogP contribution in [0, 0.1) is 0 Å². The highest BCUT2D eigenvalue weighted by atomic mass is 16.5. The van der Waals surface area contributed by atoms with Gasteiger partial charge in [0.25, 0.3) is 0 Å². The molecule has 0 bridgehead atoms. The van der Waals surface area contributed by atoms with Crippen LogP contribution >= 0.6 is 0 Å². The molecular formula is C18H20O3. The highest BCUT2D eigenvalue weighted by molar-refractivity contribution is 5.39. The molecule has 3 nitrogen and oxygen atoms in total. The average Bonchev–Trinajstić information content (AvgIpc) is 2.93. The summed E-state index contributed by atoms with van der Waals surface area (Å²) in [6, 6.07) is 13.7. The van der Waals surface area contributed by atoms with Crippen molar-refractivity contribution in [1.29, 1.82) is 0 Å². The van der Waals surface area contributed by atoms with Gasteiger partial charge in [0.05, 0.1) is 19.3 Å². The van der Waals surface area contributed by atoms with Crippen molar-refractivity contribution in [2.75, 3.05) is 0 Å². The summed E-state index contributed by atoms with van der Waals surface area (Å²) in [6.07, 6.45) is -0.527. The van der Waals surface area contributed by atoms with Crippen molar-refractivity contribution >= 4 is 0 Å². The fourth-order valence-corrected chi connectivity index (χ4v) is 2.58. The van der Waals surface area contributed by atoms with E-state index in [1.807, 2.05) is 56.3 Å². The Bertz CT molecular complexity index is 634. The summed E-state index contributed by atoms with van der Waals surface area (Å²) in [5.41, 5.74) is 4.11. The summed E-state index contributed by atoms with van der Waals surface area (Å²) in [6.45, 7) is 5.28. The monoisotopic (exact) mass is 284 g/mol. The Morgan fingerprint density at radius 2 is 1.76 bits per heavy atom. The summed E-state index contributed by atoms with van der Waals surface area (Å²) < 4.78 is 11.1. The summed E-state index contributed by atoms with van der Waals surface area (Å²) in [5.74, 6) is 0.783. The molecule has 3 heteroatoms. The lowest BCUT2D eigenvalue weighted by Gasteiger charge is -2.15. The van der Waals surface area contributed by atoms with Crippen LogP contribution in [0.4, 0.5) is 0 Å². The van der Waals surface area contributed by atoms with Gasteiger partial charge in [0.1, 0.15) is 11.9 Å². The highest BCUT2D eigenvalue weighted by Gasteiger charge is 2.16. The van der Waals surface area contributed by atoms with E-state index in [0.29, 0.717) is 13.2 Å². The van der Waals surface area contributed by atoms with Crippen LogP contribution in [-0.4, -0.2) is 11.2 Å². The minimum atomic E-state index is -0.647. The number of fused-ring (bicyclic) bond motifs is 1. The Balaban J connectivity index is 1.86. The number of hydrogen-bond donors (Lipinski definition) is 1. The van der Waals surface area contributed by atoms with Gasteiger partial charge in [-0.1, -0.05) is 30.3 Å². The van der Waals surface area contributed by atoms with E-state index in [4.69, 9.17) is 9.47 Å². The van der Waals surface area contributed by atoms with E-state index in [0.717, 1.165) is 16.9 Å². The smallest absolute Gasteiger partial charge is 0.120 e. The lowest BCUT2D eigenvalue weighted by molar-refractivity contribution is 0.134. The average molecular weight is 284 g/mol. The van der Waals surface area contributed by atoms with Crippen molar-refractivity contribution in [3.63, 3.8) is 0 Å². The van der Waals surface area contributed by atoms with Gasteiger partial charge in [-0.3, -0.25) is 0 Å². The maximum absolute atomic E-state index is 10.6. The van der Waals surface area contributed by atoms with Gasteiger partial charge < -0.3 is 14.6 Å². The van der Waals surface area contributed by atoms with Gasteiger partial charge in [0.15, 0.2) is 0 Å². The standard InChI is InChI=1S/C18H20O3/c1-12(2)21-17-5-3-4-13(9-17)18(19)14-6-7-15-10-20-11-16(15)8-14/h3-9,12,18-19H,10-11H2,1-2H3. The fraction of sp³-hybridized carbons (Fsp3) is 0.333. The van der Waals surface area contributed by atoms with E-state index in [2.05, 4.69) is 0 Å². The van der Waals surface area contributed by atoms with E-state index < -0.39 is 6.10 Å². The van der Waals surface area contributed by atoms with Crippen LogP contribution < -0.4 is 4.74 Å². The highest BCUT2D eigenvalue weighted by Crippen LogP contribution is 2.29. The molecule has 1 heterocycles. The molecule has 0 radical (unpaired) electrons. The van der Waals surface area contributed by atoms with Gasteiger partial charge in [0, 0.05) is 0 Å². The number of aliphatic hydroxyl groups excluding tert-OH is 1. The molecule has 1 aliphatic rings. The van der Waals surface area contributed by atoms with Crippen molar-refractivity contribution in [2.24, 2.45) is 0 Å². The second kappa shape index (κ2) is 5.88. The lowest BCUT2D eigenvalue weighted by Crippen LogP contribution is -2.06. The zero-order valence-electron chi connectivity index (χ0n) is 12.4. The van der Waals surface area contributed by atoms with Crippen molar-refractivity contribution in [3.05, 3.63) is 64.7 Å². The molecular weight excluding hydrogens is 264 g/mol. The summed E-state index contributed by atoms with van der Waals surface area (Å²) >= 11 is 0. The molecule has 1 N–H and O–H groups in total. The van der Waals surface area contributed by atoms with Crippen LogP contribution in [0.25, 0.3) is 0 Å². The first-order valence-electron chi connectivity index (χ1n) is 7.27. The number of ether oxygens (including phenoxy) is 2. The van der Waals surface area contributed by atoms with Gasteiger partial charge in [-0.25, -0.2) is 0 Å². The molecule has 0 fully saturated rings. The molecule has 1 atom stereocenters. The Hall–Kier alpha value is -1.84. The van der Waals surface area contributed by atoms with Gasteiger partial charge in [-0.15, -0.1) is 0 Å². The molecule has 0 amide bonds. The maximum atomic E-state index is 10.6. The SMILES string of the molecule is CC(C)Oc1cccc(C(O)c2ccc3c(c2)COC3)c1. The van der Waals surface area contributed by atoms with E-state index in [1.165, 1.54) is 11.1 Å². The van der Waals surface area contributed by atoms with E-state index in [1.54, 1.807) is 0 Å². The van der Waals surface area contributed by atoms with Gasteiger partial charge in [-0.05, 0) is 48.2 Å². The third kappa shape index (κ3) is 3.09. The van der Waals surface area contributed by atoms with Crippen molar-refractivity contribution in [1.82, 2.24) is 0 Å². The molecule has 0 spiro atoms. The third-order valence-electron chi connectivity index (χ3n) is 3.61. The van der Waals surface area contributed by atoms with Crippen LogP contribution in [0.15, 0.2) is 42.5 Å². The summed E-state index contributed by atoms with van der Waals surface area (Å²) in [4.78, 5) is 0. The second-order valence-electron chi connectivity index (χ2n) is 5.66. The van der Waals surface area contributed by atoms with Crippen LogP contribution in [-0.2, 0) is 18.0 Å². The third-order valence-corrected chi connectivity index (χ3v) is 3.61. The topological polar surface area (TPSA) is 38.7 Å². The molecule has 2 aromatic carbocycles. The largest absolute Gasteiger partial charge is 0.491 e. The first kappa shape index (κ1) is 14.1. The van der Waals surface area contributed by atoms with Crippen molar-refractivity contribution in [3.8, 4) is 5.75 Å². The van der Waals surface area contributed by atoms with Crippen LogP contribution in [0.3, 0.4) is 0 Å². The van der Waals surface area contributed by atoms with E-state index >= 15 is 0 Å². The summed E-state index contributed by atoms with van der Waals surface area (Å²) in [5, 5.41) is 10.6. The second-order valence-corrected chi connectivity index (χ2v) is 5.66. The van der Waals surface area contributed by atoms with Gasteiger partial charge in [0.2, 0.25) is 0 Å². The van der Waals surface area contributed by atoms with Crippen molar-refractivity contribution < 1.29 is 14.6 Å². The normalized spacial score (nSPS) is 15.0. The predicted octanol–water partition coefficient (Wildman–Crippen LogP) is 3.59. The fourth-order valence-electron chi connectivity index (χ4n) is 2.58. The Morgan fingerprint density at radius 3 is 2.57 bits per heavy atom. The number of aliphatic hydroxyl groups is 1. The first-order chi connectivity index (χ1) is 10.1. The predicted molar refractivity (Wildman–Crippen MR) is 81.2 cm³/mol. The van der Waals surface area contributed by atoms with E-state index in [-0.39, 0.29) is 6.10 Å². The molecule has 2 aromatic rings. The first-order valence-corrected chi connectivity index (χ1v) is 7.27. The minimum absolute atomic E-state index is 0.120. The molecule has 0 aromatic heterocycles. The van der Waals surface area contributed by atoms with Crippen LogP contribution in [0.5, 0.6) is 5.75 Å². The quantitative estimate of drug-likeness (QED) is 0.932. The molecule has 21 heavy (non-hydrogen) atoms. The molecule has 1 aliphatic heterocycles. The molecule has 0 saturated heterocycles. The maximum Gasteiger partial charge on any atom is 0.120 e. The number of benzene rings is 2. The Morgan fingerprint density at radius 1 is 1.00 bits per heavy atom. The molecule has 1 unspecified atom stereocenters.